The van der Waals surface area contributed by atoms with E-state index in [2.05, 4.69) is 5.10 Å². The summed E-state index contributed by atoms with van der Waals surface area (Å²) in [6.07, 6.45) is 3.69. The van der Waals surface area contributed by atoms with Crippen LogP contribution in [0.3, 0.4) is 0 Å². The third-order valence-electron chi connectivity index (χ3n) is 3.62. The van der Waals surface area contributed by atoms with Crippen LogP contribution in [0.4, 0.5) is 4.79 Å². The van der Waals surface area contributed by atoms with Crippen molar-refractivity contribution < 1.29 is 4.79 Å². The van der Waals surface area contributed by atoms with Gasteiger partial charge in [0.05, 0.1) is 12.2 Å². The van der Waals surface area contributed by atoms with Crippen molar-refractivity contribution in [3.63, 3.8) is 0 Å². The Labute approximate surface area is 104 Å². The zero-order chi connectivity index (χ0) is 12.9. The summed E-state index contributed by atoms with van der Waals surface area (Å²) in [5.41, 5.74) is 1.69. The first kappa shape index (κ1) is 11.0. The highest BCUT2D eigenvalue weighted by Gasteiger charge is 2.39. The summed E-state index contributed by atoms with van der Waals surface area (Å²) in [6.45, 7) is 1.29. The Morgan fingerprint density at radius 3 is 2.83 bits per heavy atom. The molecular weight excluding hydrogens is 232 g/mol. The van der Waals surface area contributed by atoms with E-state index in [1.165, 1.54) is 4.68 Å². The van der Waals surface area contributed by atoms with Crippen molar-refractivity contribution in [2.75, 3.05) is 20.1 Å². The maximum absolute atomic E-state index is 11.8. The fourth-order valence-corrected chi connectivity index (χ4v) is 2.51. The summed E-state index contributed by atoms with van der Waals surface area (Å²) in [7, 11) is 3.41. The van der Waals surface area contributed by atoms with Gasteiger partial charge in [0.2, 0.25) is 0 Å². The molecule has 1 aromatic rings. The van der Waals surface area contributed by atoms with Crippen molar-refractivity contribution in [1.29, 1.82) is 0 Å². The number of aromatic nitrogens is 2. The van der Waals surface area contributed by atoms with E-state index in [0.717, 1.165) is 11.1 Å². The van der Waals surface area contributed by atoms with Gasteiger partial charge < -0.3 is 9.80 Å². The maximum atomic E-state index is 11.8. The molecular formula is C12H14N4O2. The number of carbonyl (C=O) groups excluding carboxylic acids is 1. The smallest absolute Gasteiger partial charge is 0.319 e. The van der Waals surface area contributed by atoms with E-state index in [-0.39, 0.29) is 17.6 Å². The summed E-state index contributed by atoms with van der Waals surface area (Å²) in [5, 5.41) is 4.03. The van der Waals surface area contributed by atoms with Crippen LogP contribution in [0.1, 0.15) is 5.56 Å². The molecule has 1 aromatic heterocycles. The van der Waals surface area contributed by atoms with Gasteiger partial charge in [-0.3, -0.25) is 4.79 Å². The Morgan fingerprint density at radius 2 is 2.11 bits per heavy atom. The first-order valence-electron chi connectivity index (χ1n) is 5.83. The molecule has 1 fully saturated rings. The molecule has 2 amide bonds. The van der Waals surface area contributed by atoms with Crippen LogP contribution >= 0.6 is 0 Å². The molecule has 1 saturated heterocycles. The molecule has 6 heteroatoms. The van der Waals surface area contributed by atoms with Gasteiger partial charge in [0, 0.05) is 38.8 Å². The second kappa shape index (κ2) is 3.69. The van der Waals surface area contributed by atoms with Gasteiger partial charge in [-0.05, 0) is 5.57 Å². The molecule has 0 saturated carbocycles. The Morgan fingerprint density at radius 1 is 1.33 bits per heavy atom. The van der Waals surface area contributed by atoms with E-state index < -0.39 is 0 Å². The predicted octanol–water partition coefficient (Wildman–Crippen LogP) is -0.0867. The van der Waals surface area contributed by atoms with E-state index >= 15 is 0 Å². The maximum Gasteiger partial charge on any atom is 0.320 e. The number of fused-ring (bicyclic) bond motifs is 2. The number of hydrogen-bond acceptors (Lipinski definition) is 3. The van der Waals surface area contributed by atoms with Crippen LogP contribution in [0.15, 0.2) is 23.1 Å². The molecule has 94 valence electrons. The van der Waals surface area contributed by atoms with Crippen molar-refractivity contribution in [2.45, 2.75) is 6.04 Å². The summed E-state index contributed by atoms with van der Waals surface area (Å²) in [4.78, 5) is 27.0. The van der Waals surface area contributed by atoms with Crippen LogP contribution in [0, 0.1) is 0 Å². The molecule has 2 bridgehead atoms. The van der Waals surface area contributed by atoms with Crippen LogP contribution in [0.5, 0.6) is 0 Å². The number of likely N-dealkylation sites (N-methyl/N-ethyl adjacent to an activating group) is 1. The average molecular weight is 246 g/mol. The largest absolute Gasteiger partial charge is 0.320 e. The van der Waals surface area contributed by atoms with Crippen molar-refractivity contribution in [3.05, 3.63) is 34.3 Å². The molecule has 3 heterocycles. The normalized spacial score (nSPS) is 22.4. The molecule has 2 aliphatic rings. The van der Waals surface area contributed by atoms with Gasteiger partial charge in [-0.15, -0.1) is 0 Å². The minimum absolute atomic E-state index is 0.0279. The zero-order valence-corrected chi connectivity index (χ0v) is 10.3. The molecule has 3 rings (SSSR count). The van der Waals surface area contributed by atoms with Gasteiger partial charge in [-0.2, -0.15) is 5.10 Å². The number of carbonyl (C=O) groups is 1. The number of aryl methyl sites for hydroxylation is 1. The van der Waals surface area contributed by atoms with Crippen molar-refractivity contribution in [1.82, 2.24) is 19.6 Å². The van der Waals surface area contributed by atoms with Gasteiger partial charge in [0.25, 0.3) is 5.56 Å². The quantitative estimate of drug-likeness (QED) is 0.696. The highest BCUT2D eigenvalue weighted by atomic mass is 16.2. The Balaban J connectivity index is 2.03. The van der Waals surface area contributed by atoms with Crippen molar-refractivity contribution >= 4 is 11.6 Å². The number of nitrogens with zero attached hydrogens (tertiary/aromatic N) is 4. The summed E-state index contributed by atoms with van der Waals surface area (Å²) in [6, 6.07) is 1.65. The van der Waals surface area contributed by atoms with E-state index in [1.807, 2.05) is 6.08 Å². The molecule has 1 unspecified atom stereocenters. The predicted molar refractivity (Wildman–Crippen MR) is 66.0 cm³/mol. The minimum Gasteiger partial charge on any atom is -0.319 e. The van der Waals surface area contributed by atoms with E-state index in [4.69, 9.17) is 0 Å². The second-order valence-electron chi connectivity index (χ2n) is 4.68. The first-order chi connectivity index (χ1) is 8.58. The molecule has 0 radical (unpaired) electrons. The third-order valence-corrected chi connectivity index (χ3v) is 3.62. The lowest BCUT2D eigenvalue weighted by molar-refractivity contribution is 0.202. The third kappa shape index (κ3) is 1.45. The van der Waals surface area contributed by atoms with Gasteiger partial charge in [0.1, 0.15) is 0 Å². The van der Waals surface area contributed by atoms with Gasteiger partial charge in [-0.25, -0.2) is 9.48 Å². The second-order valence-corrected chi connectivity index (χ2v) is 4.68. The fourth-order valence-electron chi connectivity index (χ4n) is 2.51. The summed E-state index contributed by atoms with van der Waals surface area (Å²) in [5.74, 6) is 0. The molecule has 0 aromatic carbocycles. The molecule has 0 aliphatic carbocycles. The standard InChI is InChI=1S/C12H14N4O2/c1-14-10-7-16(12(14)18)4-3-9(10)8-5-11(17)15(2)13-6-8/h3,5-6,10H,4,7H2,1-2H3. The lowest BCUT2D eigenvalue weighted by atomic mass is 9.97. The van der Waals surface area contributed by atoms with Crippen LogP contribution < -0.4 is 5.56 Å². The molecule has 18 heavy (non-hydrogen) atoms. The molecule has 6 nitrogen and oxygen atoms in total. The van der Waals surface area contributed by atoms with Crippen molar-refractivity contribution in [3.8, 4) is 0 Å². The minimum atomic E-state index is -0.136. The average Bonchev–Trinajstić information content (AvgIpc) is 2.59. The number of rotatable bonds is 1. The Kier molecular flexibility index (Phi) is 2.26. The van der Waals surface area contributed by atoms with E-state index in [0.29, 0.717) is 13.1 Å². The monoisotopic (exact) mass is 246 g/mol. The molecule has 0 N–H and O–H groups in total. The Bertz CT molecular complexity index is 604. The zero-order valence-electron chi connectivity index (χ0n) is 10.3. The fraction of sp³-hybridized carbons (Fsp3) is 0.417. The number of urea groups is 1. The van der Waals surface area contributed by atoms with Crippen LogP contribution in [0.25, 0.3) is 5.57 Å². The highest BCUT2D eigenvalue weighted by molar-refractivity contribution is 5.85. The summed E-state index contributed by atoms with van der Waals surface area (Å²) >= 11 is 0. The number of amides is 2. The lowest BCUT2D eigenvalue weighted by Crippen LogP contribution is -2.31. The molecule has 2 aliphatic heterocycles. The van der Waals surface area contributed by atoms with Gasteiger partial charge in [0.15, 0.2) is 0 Å². The van der Waals surface area contributed by atoms with Crippen LogP contribution in [0.2, 0.25) is 0 Å². The lowest BCUT2D eigenvalue weighted by Gasteiger charge is -2.23. The van der Waals surface area contributed by atoms with Crippen LogP contribution in [-0.2, 0) is 7.05 Å². The van der Waals surface area contributed by atoms with E-state index in [1.54, 1.807) is 36.2 Å². The van der Waals surface area contributed by atoms with Crippen LogP contribution in [-0.4, -0.2) is 51.8 Å². The van der Waals surface area contributed by atoms with Gasteiger partial charge >= 0.3 is 6.03 Å². The first-order valence-corrected chi connectivity index (χ1v) is 5.83. The SMILES string of the molecule is CN1C(=O)N2CC=C(c3cnn(C)c(=O)c3)C1C2. The topological polar surface area (TPSA) is 58.4 Å². The molecule has 0 spiro atoms. The number of hydrogen-bond donors (Lipinski definition) is 0. The van der Waals surface area contributed by atoms with Crippen molar-refractivity contribution in [2.24, 2.45) is 7.05 Å². The summed E-state index contributed by atoms with van der Waals surface area (Å²) < 4.78 is 1.29. The molecule has 1 atom stereocenters. The Hall–Kier alpha value is -2.11. The van der Waals surface area contributed by atoms with E-state index in [9.17, 15) is 9.59 Å². The van der Waals surface area contributed by atoms with Gasteiger partial charge in [-0.1, -0.05) is 6.08 Å². The highest BCUT2D eigenvalue weighted by Crippen LogP contribution is 2.30.